The van der Waals surface area contributed by atoms with E-state index in [4.69, 9.17) is 19.5 Å². The van der Waals surface area contributed by atoms with Gasteiger partial charge >= 0.3 is 0 Å². The average molecular weight is 643 g/mol. The standard InChI is InChI=1S/C48H26O/c1-2-10-36-33(5-1)25-40(37-21-16-32-14-12-28-7-4-9-30-18-23-39(37)46(32)44(28)30)48-47(36)41-26-34(19-24-42(41)49-48)35-20-15-31-13-11-27-6-3-8-29-17-22-38(35)45(31)43(27)29/h1-26H/i1D,2D,3D,4D,5D,6D,8D,10D,11D,12D,13D,14D,15D,16D,17D,18D,19D,20D,21D,22D,23D,24D,25D,26D. The molecule has 1 heteroatoms. The molecule has 0 atom stereocenters. The summed E-state index contributed by atoms with van der Waals surface area (Å²) < 4.78 is 226. The van der Waals surface area contributed by atoms with Gasteiger partial charge in [-0.25, -0.2) is 0 Å². The van der Waals surface area contributed by atoms with Crippen molar-refractivity contribution in [3.8, 4) is 22.3 Å². The highest BCUT2D eigenvalue weighted by atomic mass is 16.3. The summed E-state index contributed by atoms with van der Waals surface area (Å²) in [6.07, 6.45) is 0. The van der Waals surface area contributed by atoms with Gasteiger partial charge in [-0.05, 0) is 110 Å². The van der Waals surface area contributed by atoms with Gasteiger partial charge in [0, 0.05) is 16.3 Å². The van der Waals surface area contributed by atoms with E-state index < -0.39 is 205 Å². The minimum absolute atomic E-state index is 0.00708. The third-order valence-corrected chi connectivity index (χ3v) is 9.14. The molecule has 0 aliphatic heterocycles. The summed E-state index contributed by atoms with van der Waals surface area (Å²) >= 11 is 0. The molecule has 0 aliphatic carbocycles. The van der Waals surface area contributed by atoms with Crippen LogP contribution >= 0.6 is 0 Å². The van der Waals surface area contributed by atoms with E-state index in [2.05, 4.69) is 0 Å². The summed E-state index contributed by atoms with van der Waals surface area (Å²) in [5.41, 5.74) is -3.39. The minimum atomic E-state index is -0.875. The molecule has 1 aromatic heterocycles. The van der Waals surface area contributed by atoms with E-state index in [9.17, 15) is 17.8 Å². The molecular formula is C48H26O. The van der Waals surface area contributed by atoms with E-state index in [0.29, 0.717) is 0 Å². The second-order valence-corrected chi connectivity index (χ2v) is 11.7. The van der Waals surface area contributed by atoms with Gasteiger partial charge in [0.2, 0.25) is 0 Å². The van der Waals surface area contributed by atoms with Crippen molar-refractivity contribution in [2.45, 2.75) is 0 Å². The molecule has 224 valence electrons. The van der Waals surface area contributed by atoms with E-state index in [1.54, 1.807) is 0 Å². The van der Waals surface area contributed by atoms with Crippen molar-refractivity contribution in [3.05, 3.63) is 157 Å². The van der Waals surface area contributed by atoms with Gasteiger partial charge in [-0.2, -0.15) is 0 Å². The van der Waals surface area contributed by atoms with Crippen molar-refractivity contribution in [2.75, 3.05) is 0 Å². The zero-order valence-corrected chi connectivity index (χ0v) is 24.6. The van der Waals surface area contributed by atoms with Crippen LogP contribution in [0.5, 0.6) is 0 Å². The molecule has 11 aromatic carbocycles. The Balaban J connectivity index is 1.35. The summed E-state index contributed by atoms with van der Waals surface area (Å²) in [5, 5.41) is -4.50. The molecule has 0 radical (unpaired) electrons. The van der Waals surface area contributed by atoms with Crippen LogP contribution in [-0.2, 0) is 0 Å². The largest absolute Gasteiger partial charge is 0.455 e. The summed E-state index contributed by atoms with van der Waals surface area (Å²) in [5.74, 6) is 0. The second kappa shape index (κ2) is 9.13. The van der Waals surface area contributed by atoms with E-state index in [0.717, 1.165) is 0 Å². The number of benzene rings is 11. The Morgan fingerprint density at radius 2 is 0.939 bits per heavy atom. The highest BCUT2D eigenvalue weighted by Gasteiger charge is 2.20. The molecule has 12 aromatic rings. The monoisotopic (exact) mass is 642 g/mol. The van der Waals surface area contributed by atoms with Crippen molar-refractivity contribution in [2.24, 2.45) is 0 Å². The first-order valence-corrected chi connectivity index (χ1v) is 15.1. The first-order chi connectivity index (χ1) is 34.3. The SMILES string of the molecule is [2H]c1cc2c([2H])c([2H])c3c([2H])c([2H])c(-c4c([2H])c5c([2H])c([2H])c([2H])c([2H])c5c5c4oc4c([2H])c([2H])c(-c6c([2H])c([2H])c7c([2H])c([2H])c8c([2H])c([2H])c([2H])c9c([2H])c([2H])c6c7c89)c([2H])c45)c4c([2H])c([2H])c(c1)c2c34. The summed E-state index contributed by atoms with van der Waals surface area (Å²) in [6.45, 7) is 0. The maximum absolute atomic E-state index is 10.0. The molecule has 1 heterocycles. The van der Waals surface area contributed by atoms with Crippen LogP contribution in [-0.4, -0.2) is 0 Å². The number of fused-ring (bicyclic) bond motifs is 5. The predicted octanol–water partition coefficient (Wildman–Crippen LogP) is 13.9. The maximum Gasteiger partial charge on any atom is 0.143 e. The Morgan fingerprint density at radius 3 is 1.73 bits per heavy atom. The maximum atomic E-state index is 10.0. The molecule has 12 rings (SSSR count). The molecule has 49 heavy (non-hydrogen) atoms. The van der Waals surface area contributed by atoms with Crippen molar-refractivity contribution < 1.29 is 37.3 Å². The molecule has 0 N–H and O–H groups in total. The molecular weight excluding hydrogens is 593 g/mol. The fourth-order valence-electron chi connectivity index (χ4n) is 7.04. The molecule has 0 spiro atoms. The molecule has 0 saturated heterocycles. The summed E-state index contributed by atoms with van der Waals surface area (Å²) in [6, 6.07) is -14.2. The van der Waals surface area contributed by atoms with E-state index in [-0.39, 0.29) is 59.9 Å². The second-order valence-electron chi connectivity index (χ2n) is 11.7. The number of hydrogen-bond donors (Lipinski definition) is 0. The van der Waals surface area contributed by atoms with E-state index in [1.807, 2.05) is 0 Å². The Labute approximate surface area is 314 Å². The number of furan rings is 1. The number of hydrogen-bond acceptors (Lipinski definition) is 1. The van der Waals surface area contributed by atoms with Crippen molar-refractivity contribution in [1.29, 1.82) is 0 Å². The predicted molar refractivity (Wildman–Crippen MR) is 210 cm³/mol. The fraction of sp³-hybridized carbons (Fsp3) is 0. The van der Waals surface area contributed by atoms with Gasteiger partial charge < -0.3 is 4.42 Å². The topological polar surface area (TPSA) is 13.1 Å². The zero-order chi connectivity index (χ0) is 52.7. The molecule has 0 bridgehead atoms. The van der Waals surface area contributed by atoms with E-state index >= 15 is 0 Å². The minimum Gasteiger partial charge on any atom is -0.455 e. The lowest BCUT2D eigenvalue weighted by atomic mass is 9.88. The first-order valence-electron chi connectivity index (χ1n) is 27.1. The molecule has 0 unspecified atom stereocenters. The number of rotatable bonds is 2. The Morgan fingerprint density at radius 1 is 0.347 bits per heavy atom. The summed E-state index contributed by atoms with van der Waals surface area (Å²) in [4.78, 5) is 0. The lowest BCUT2D eigenvalue weighted by Gasteiger charge is -2.15. The van der Waals surface area contributed by atoms with Crippen LogP contribution in [0.25, 0.3) is 120 Å². The molecule has 1 nitrogen and oxygen atoms in total. The molecule has 0 fully saturated rings. The first kappa shape index (κ1) is 12.2. The highest BCUT2D eigenvalue weighted by molar-refractivity contribution is 6.29. The smallest absolute Gasteiger partial charge is 0.143 e. The molecule has 0 aliphatic rings. The lowest BCUT2D eigenvalue weighted by molar-refractivity contribution is 0.670. The Hall–Kier alpha value is -6.44. The van der Waals surface area contributed by atoms with Crippen LogP contribution in [0.2, 0.25) is 0 Å². The third kappa shape index (κ3) is 3.34. The molecule has 0 saturated carbocycles. The van der Waals surface area contributed by atoms with Crippen LogP contribution in [0.15, 0.2) is 162 Å². The normalized spacial score (nSPS) is 19.3. The Bertz CT molecular complexity index is 4670. The lowest BCUT2D eigenvalue weighted by Crippen LogP contribution is -1.88. The van der Waals surface area contributed by atoms with Gasteiger partial charge in [0.05, 0.1) is 32.9 Å². The van der Waals surface area contributed by atoms with Crippen LogP contribution < -0.4 is 0 Å². The van der Waals surface area contributed by atoms with Crippen molar-refractivity contribution >= 4 is 97.3 Å². The Kier molecular flexibility index (Phi) is 2.28. The van der Waals surface area contributed by atoms with Crippen molar-refractivity contribution in [1.82, 2.24) is 0 Å². The quantitative estimate of drug-likeness (QED) is 0.171. The summed E-state index contributed by atoms with van der Waals surface area (Å²) in [7, 11) is 0. The molecule has 0 amide bonds. The van der Waals surface area contributed by atoms with Crippen molar-refractivity contribution in [3.63, 3.8) is 0 Å². The van der Waals surface area contributed by atoms with Gasteiger partial charge in [0.1, 0.15) is 11.2 Å². The van der Waals surface area contributed by atoms with Crippen LogP contribution in [0.4, 0.5) is 0 Å². The van der Waals surface area contributed by atoms with Gasteiger partial charge in [0.25, 0.3) is 0 Å². The van der Waals surface area contributed by atoms with Gasteiger partial charge in [-0.1, -0.05) is 139 Å². The van der Waals surface area contributed by atoms with Gasteiger partial charge in [-0.3, -0.25) is 0 Å². The average Bonchev–Trinajstić information content (AvgIpc) is 3.75. The van der Waals surface area contributed by atoms with Crippen LogP contribution in [0.1, 0.15) is 32.9 Å². The van der Waals surface area contributed by atoms with Crippen LogP contribution in [0.3, 0.4) is 0 Å². The van der Waals surface area contributed by atoms with Gasteiger partial charge in [-0.15, -0.1) is 0 Å². The van der Waals surface area contributed by atoms with E-state index in [1.165, 1.54) is 12.1 Å². The highest BCUT2D eigenvalue weighted by Crippen LogP contribution is 2.46. The third-order valence-electron chi connectivity index (χ3n) is 9.14. The van der Waals surface area contributed by atoms with Crippen LogP contribution in [0, 0.1) is 0 Å². The van der Waals surface area contributed by atoms with Gasteiger partial charge in [0.15, 0.2) is 0 Å². The zero-order valence-electron chi connectivity index (χ0n) is 48.6. The fourth-order valence-corrected chi connectivity index (χ4v) is 7.04.